The Hall–Kier alpha value is -1.27. The minimum atomic E-state index is -3.45. The van der Waals surface area contributed by atoms with Crippen LogP contribution in [-0.2, 0) is 9.53 Å². The number of ether oxygens (including phenoxy) is 1. The van der Waals surface area contributed by atoms with Crippen molar-refractivity contribution in [1.82, 2.24) is 4.90 Å². The van der Waals surface area contributed by atoms with Crippen molar-refractivity contribution in [1.29, 1.82) is 0 Å². The Balaban J connectivity index is 1.95. The van der Waals surface area contributed by atoms with Gasteiger partial charge in [-0.2, -0.15) is 8.78 Å². The zero-order valence-electron chi connectivity index (χ0n) is 12.9. The van der Waals surface area contributed by atoms with Crippen LogP contribution in [-0.4, -0.2) is 54.2 Å². The third-order valence-corrected chi connectivity index (χ3v) is 4.40. The average molecular weight is 315 g/mol. The number of amides is 1. The molecule has 0 bridgehead atoms. The molecule has 2 aliphatic rings. The number of aliphatic hydroxyl groups excluding tert-OH is 1. The lowest BCUT2D eigenvalue weighted by Crippen LogP contribution is -2.49. The van der Waals surface area contributed by atoms with Gasteiger partial charge in [0.2, 0.25) is 0 Å². The summed E-state index contributed by atoms with van der Waals surface area (Å²) in [6.07, 6.45) is 1.56. The summed E-state index contributed by atoms with van der Waals surface area (Å²) in [5.74, 6) is -4.81. The van der Waals surface area contributed by atoms with Crippen LogP contribution in [0, 0.1) is 5.92 Å². The first kappa shape index (κ1) is 17.1. The molecule has 22 heavy (non-hydrogen) atoms. The molecule has 1 N–H and O–H groups in total. The summed E-state index contributed by atoms with van der Waals surface area (Å²) in [6.45, 7) is 6.54. The number of carbonyl (C=O) groups excluding carboxylic acids is 1. The maximum Gasteiger partial charge on any atom is 0.328 e. The van der Waals surface area contributed by atoms with Gasteiger partial charge in [-0.15, -0.1) is 0 Å². The fraction of sp³-hybridized carbons (Fsp3) is 0.688. The molecule has 1 amide bonds. The average Bonchev–Trinajstić information content (AvgIpc) is 2.49. The Morgan fingerprint density at radius 1 is 1.50 bits per heavy atom. The molecule has 0 aromatic carbocycles. The molecule has 1 fully saturated rings. The minimum Gasteiger partial charge on any atom is -0.389 e. The van der Waals surface area contributed by atoms with E-state index in [1.165, 1.54) is 0 Å². The van der Waals surface area contributed by atoms with Gasteiger partial charge in [0.15, 0.2) is 0 Å². The molecule has 2 rings (SSSR count). The van der Waals surface area contributed by atoms with Gasteiger partial charge in [0.1, 0.15) is 0 Å². The van der Waals surface area contributed by atoms with Crippen molar-refractivity contribution in [2.45, 2.75) is 38.2 Å². The molecule has 1 aliphatic carbocycles. The molecule has 0 radical (unpaired) electrons. The van der Waals surface area contributed by atoms with Gasteiger partial charge in [0.05, 0.1) is 19.3 Å². The van der Waals surface area contributed by atoms with Gasteiger partial charge in [-0.1, -0.05) is 18.2 Å². The van der Waals surface area contributed by atoms with Crippen LogP contribution in [0.25, 0.3) is 0 Å². The second-order valence-corrected chi connectivity index (χ2v) is 6.08. The number of morpholine rings is 1. The summed E-state index contributed by atoms with van der Waals surface area (Å²) < 4.78 is 33.5. The van der Waals surface area contributed by atoms with E-state index in [4.69, 9.17) is 4.74 Å². The number of nitrogens with zero attached hydrogens (tertiary/aromatic N) is 1. The van der Waals surface area contributed by atoms with Gasteiger partial charge in [-0.05, 0) is 31.3 Å². The lowest BCUT2D eigenvalue weighted by atomic mass is 9.81. The Bertz CT molecular complexity index is 470. The molecule has 1 aliphatic heterocycles. The second-order valence-electron chi connectivity index (χ2n) is 6.08. The van der Waals surface area contributed by atoms with Crippen LogP contribution in [0.3, 0.4) is 0 Å². The lowest BCUT2D eigenvalue weighted by Gasteiger charge is -2.32. The molecule has 0 spiro atoms. The Morgan fingerprint density at radius 3 is 2.73 bits per heavy atom. The van der Waals surface area contributed by atoms with E-state index in [-0.39, 0.29) is 19.0 Å². The number of hydrogen-bond acceptors (Lipinski definition) is 3. The highest BCUT2D eigenvalue weighted by atomic mass is 19.3. The quantitative estimate of drug-likeness (QED) is 0.809. The van der Waals surface area contributed by atoms with Crippen LogP contribution >= 0.6 is 0 Å². The van der Waals surface area contributed by atoms with Gasteiger partial charge in [-0.25, -0.2) is 0 Å². The number of halogens is 2. The third-order valence-electron chi connectivity index (χ3n) is 4.40. The maximum absolute atomic E-state index is 14.2. The smallest absolute Gasteiger partial charge is 0.328 e. The zero-order chi connectivity index (χ0) is 16.3. The molecular formula is C16H23F2NO3. The standard InChI is InChI=1S/C16H23F2NO3/c1-11-3-4-13(9-14(11)20)12(2)10-16(17,18)15(21)19-5-7-22-8-6-19/h3,13-14,20H,2,4-10H2,1H3. The summed E-state index contributed by atoms with van der Waals surface area (Å²) in [5.41, 5.74) is 1.19. The van der Waals surface area contributed by atoms with Crippen LogP contribution in [0.15, 0.2) is 23.8 Å². The molecular weight excluding hydrogens is 292 g/mol. The molecule has 4 nitrogen and oxygen atoms in total. The predicted molar refractivity (Wildman–Crippen MR) is 78.6 cm³/mol. The fourth-order valence-corrected chi connectivity index (χ4v) is 2.85. The van der Waals surface area contributed by atoms with Crippen LogP contribution < -0.4 is 0 Å². The van der Waals surface area contributed by atoms with Gasteiger partial charge in [0, 0.05) is 19.5 Å². The predicted octanol–water partition coefficient (Wildman–Crippen LogP) is 2.14. The number of alkyl halides is 2. The van der Waals surface area contributed by atoms with E-state index in [0.29, 0.717) is 31.6 Å². The minimum absolute atomic E-state index is 0.199. The van der Waals surface area contributed by atoms with Crippen molar-refractivity contribution in [2.24, 2.45) is 5.92 Å². The SMILES string of the molecule is C=C(CC(F)(F)C(=O)N1CCOCC1)C1CC=C(C)C(O)C1. The van der Waals surface area contributed by atoms with Crippen molar-refractivity contribution in [2.75, 3.05) is 26.3 Å². The van der Waals surface area contributed by atoms with Gasteiger partial charge in [0.25, 0.3) is 5.91 Å². The molecule has 1 saturated heterocycles. The van der Waals surface area contributed by atoms with Crippen molar-refractivity contribution in [3.05, 3.63) is 23.8 Å². The number of aliphatic hydroxyl groups is 1. The molecule has 1 heterocycles. The molecule has 124 valence electrons. The Morgan fingerprint density at radius 2 is 2.14 bits per heavy atom. The largest absolute Gasteiger partial charge is 0.389 e. The first-order valence-corrected chi connectivity index (χ1v) is 7.58. The Labute approximate surface area is 129 Å². The highest BCUT2D eigenvalue weighted by Crippen LogP contribution is 2.35. The second kappa shape index (κ2) is 6.87. The molecule has 2 unspecified atom stereocenters. The van der Waals surface area contributed by atoms with E-state index in [0.717, 1.165) is 10.5 Å². The first-order valence-electron chi connectivity index (χ1n) is 7.58. The van der Waals surface area contributed by atoms with E-state index in [1.54, 1.807) is 0 Å². The summed E-state index contributed by atoms with van der Waals surface area (Å²) in [7, 11) is 0. The number of rotatable bonds is 4. The normalized spacial score (nSPS) is 26.5. The lowest BCUT2D eigenvalue weighted by molar-refractivity contribution is -0.161. The third kappa shape index (κ3) is 3.93. The maximum atomic E-state index is 14.2. The molecule has 2 atom stereocenters. The summed E-state index contributed by atoms with van der Waals surface area (Å²) in [6, 6.07) is 0. The molecule has 6 heteroatoms. The van der Waals surface area contributed by atoms with E-state index in [2.05, 4.69) is 6.58 Å². The number of carbonyl (C=O) groups is 1. The van der Waals surface area contributed by atoms with Crippen molar-refractivity contribution < 1.29 is 23.4 Å². The van der Waals surface area contributed by atoms with Gasteiger partial charge in [-0.3, -0.25) is 4.79 Å². The molecule has 0 aromatic rings. The van der Waals surface area contributed by atoms with Gasteiger partial charge >= 0.3 is 5.92 Å². The summed E-state index contributed by atoms with van der Waals surface area (Å²) in [4.78, 5) is 13.1. The van der Waals surface area contributed by atoms with E-state index >= 15 is 0 Å². The van der Waals surface area contributed by atoms with Crippen molar-refractivity contribution >= 4 is 5.91 Å². The van der Waals surface area contributed by atoms with Crippen LogP contribution in [0.2, 0.25) is 0 Å². The highest BCUT2D eigenvalue weighted by Gasteiger charge is 2.43. The van der Waals surface area contributed by atoms with E-state index in [1.807, 2.05) is 13.0 Å². The van der Waals surface area contributed by atoms with E-state index in [9.17, 15) is 18.7 Å². The zero-order valence-corrected chi connectivity index (χ0v) is 12.9. The van der Waals surface area contributed by atoms with Gasteiger partial charge < -0.3 is 14.7 Å². The number of hydrogen-bond donors (Lipinski definition) is 1. The Kier molecular flexibility index (Phi) is 5.34. The monoisotopic (exact) mass is 315 g/mol. The summed E-state index contributed by atoms with van der Waals surface area (Å²) in [5, 5.41) is 9.82. The number of allylic oxidation sites excluding steroid dienone is 2. The van der Waals surface area contributed by atoms with E-state index < -0.39 is 24.4 Å². The topological polar surface area (TPSA) is 49.8 Å². The summed E-state index contributed by atoms with van der Waals surface area (Å²) >= 11 is 0. The highest BCUT2D eigenvalue weighted by molar-refractivity contribution is 5.84. The van der Waals surface area contributed by atoms with Crippen LogP contribution in [0.4, 0.5) is 8.78 Å². The van der Waals surface area contributed by atoms with Crippen molar-refractivity contribution in [3.8, 4) is 0 Å². The van der Waals surface area contributed by atoms with Crippen LogP contribution in [0.5, 0.6) is 0 Å². The van der Waals surface area contributed by atoms with Crippen molar-refractivity contribution in [3.63, 3.8) is 0 Å². The van der Waals surface area contributed by atoms with Crippen LogP contribution in [0.1, 0.15) is 26.2 Å². The molecule has 0 aromatic heterocycles. The first-order chi connectivity index (χ1) is 10.3. The molecule has 0 saturated carbocycles. The fourth-order valence-electron chi connectivity index (χ4n) is 2.85.